The van der Waals surface area contributed by atoms with E-state index in [1.54, 1.807) is 0 Å². The van der Waals surface area contributed by atoms with Crippen molar-refractivity contribution in [3.8, 4) is 18.1 Å². The number of nitrogens with one attached hydrogen (secondary N) is 1. The highest BCUT2D eigenvalue weighted by Crippen LogP contribution is 2.12. The van der Waals surface area contributed by atoms with E-state index in [4.69, 9.17) is 11.2 Å². The van der Waals surface area contributed by atoms with Crippen LogP contribution in [0.4, 0.5) is 5.69 Å². The van der Waals surface area contributed by atoms with Crippen LogP contribution in [0.15, 0.2) is 48.5 Å². The van der Waals surface area contributed by atoms with Crippen molar-refractivity contribution in [2.45, 2.75) is 13.0 Å². The van der Waals surface area contributed by atoms with Crippen molar-refractivity contribution in [3.63, 3.8) is 0 Å². The number of anilines is 1. The van der Waals surface area contributed by atoms with E-state index in [1.807, 2.05) is 55.5 Å². The first kappa shape index (κ1) is 15.0. The lowest BCUT2D eigenvalue weighted by atomic mass is 10.2. The second-order valence-corrected chi connectivity index (χ2v) is 4.88. The van der Waals surface area contributed by atoms with Gasteiger partial charge in [-0.15, -0.1) is 6.42 Å². The van der Waals surface area contributed by atoms with Gasteiger partial charge < -0.3 is 15.2 Å². The van der Waals surface area contributed by atoms with E-state index < -0.39 is 6.10 Å². The summed E-state index contributed by atoms with van der Waals surface area (Å²) in [6.07, 6.45) is 4.75. The van der Waals surface area contributed by atoms with Crippen LogP contribution in [0.3, 0.4) is 0 Å². The Hall–Kier alpha value is -2.44. The fourth-order valence-electron chi connectivity index (χ4n) is 1.84. The molecule has 0 radical (unpaired) electrons. The Balaban J connectivity index is 1.78. The third-order valence-electron chi connectivity index (χ3n) is 3.03. The number of hydrogen-bond acceptors (Lipinski definition) is 3. The average Bonchev–Trinajstić information content (AvgIpc) is 2.52. The van der Waals surface area contributed by atoms with E-state index in [0.717, 1.165) is 17.0 Å². The van der Waals surface area contributed by atoms with Crippen molar-refractivity contribution in [3.05, 3.63) is 59.7 Å². The van der Waals surface area contributed by atoms with Gasteiger partial charge in [0.05, 0.1) is 0 Å². The van der Waals surface area contributed by atoms with Crippen molar-refractivity contribution < 1.29 is 9.84 Å². The van der Waals surface area contributed by atoms with Crippen LogP contribution in [0.1, 0.15) is 11.1 Å². The van der Waals surface area contributed by atoms with Gasteiger partial charge in [-0.3, -0.25) is 0 Å². The molecule has 0 bridgehead atoms. The minimum atomic E-state index is -0.596. The van der Waals surface area contributed by atoms with Crippen molar-refractivity contribution in [2.24, 2.45) is 0 Å². The van der Waals surface area contributed by atoms with Gasteiger partial charge in [0.1, 0.15) is 18.5 Å². The Morgan fingerprint density at radius 2 is 2.00 bits per heavy atom. The molecule has 0 aromatic heterocycles. The number of terminal acetylenes is 1. The van der Waals surface area contributed by atoms with Gasteiger partial charge >= 0.3 is 0 Å². The van der Waals surface area contributed by atoms with Gasteiger partial charge in [0.15, 0.2) is 0 Å². The first-order valence-electron chi connectivity index (χ1n) is 6.85. The predicted molar refractivity (Wildman–Crippen MR) is 85.5 cm³/mol. The zero-order chi connectivity index (χ0) is 15.1. The summed E-state index contributed by atoms with van der Waals surface area (Å²) in [5.74, 6) is 3.34. The summed E-state index contributed by atoms with van der Waals surface area (Å²) >= 11 is 0. The lowest BCUT2D eigenvalue weighted by Crippen LogP contribution is -2.26. The van der Waals surface area contributed by atoms with E-state index >= 15 is 0 Å². The Morgan fingerprint density at radius 1 is 1.24 bits per heavy atom. The molecule has 2 aromatic carbocycles. The summed E-state index contributed by atoms with van der Waals surface area (Å²) in [6.45, 7) is 2.66. The molecule has 0 saturated carbocycles. The maximum absolute atomic E-state index is 9.93. The van der Waals surface area contributed by atoms with Crippen LogP contribution < -0.4 is 10.1 Å². The number of aliphatic hydroxyl groups excluding tert-OH is 1. The number of hydrogen-bond donors (Lipinski definition) is 2. The molecule has 108 valence electrons. The molecule has 0 saturated heterocycles. The van der Waals surface area contributed by atoms with Gasteiger partial charge in [-0.25, -0.2) is 0 Å². The molecule has 3 heteroatoms. The van der Waals surface area contributed by atoms with E-state index in [-0.39, 0.29) is 6.61 Å². The molecule has 0 heterocycles. The topological polar surface area (TPSA) is 41.5 Å². The Morgan fingerprint density at radius 3 is 2.71 bits per heavy atom. The quantitative estimate of drug-likeness (QED) is 0.800. The van der Waals surface area contributed by atoms with Gasteiger partial charge in [0.2, 0.25) is 0 Å². The molecule has 1 unspecified atom stereocenters. The standard InChI is InChI=1S/C18H19NO2/c1-3-15-5-4-6-16(11-15)19-12-17(20)13-21-18-9-7-14(2)8-10-18/h1,4-11,17,19-20H,12-13H2,2H3. The van der Waals surface area contributed by atoms with Crippen LogP contribution in [0.25, 0.3) is 0 Å². The summed E-state index contributed by atoms with van der Waals surface area (Å²) in [5, 5.41) is 13.1. The summed E-state index contributed by atoms with van der Waals surface area (Å²) in [4.78, 5) is 0. The average molecular weight is 281 g/mol. The van der Waals surface area contributed by atoms with Crippen LogP contribution in [0.2, 0.25) is 0 Å². The first-order chi connectivity index (χ1) is 10.2. The molecule has 2 aromatic rings. The van der Waals surface area contributed by atoms with Crippen LogP contribution in [0, 0.1) is 19.3 Å². The molecule has 0 aliphatic carbocycles. The summed E-state index contributed by atoms with van der Waals surface area (Å²) in [6, 6.07) is 15.3. The summed E-state index contributed by atoms with van der Waals surface area (Å²) < 4.78 is 5.53. The van der Waals surface area contributed by atoms with E-state index in [2.05, 4.69) is 11.2 Å². The van der Waals surface area contributed by atoms with Crippen molar-refractivity contribution in [1.29, 1.82) is 0 Å². The minimum absolute atomic E-state index is 0.241. The lowest BCUT2D eigenvalue weighted by molar-refractivity contribution is 0.117. The molecule has 3 nitrogen and oxygen atoms in total. The molecular weight excluding hydrogens is 262 g/mol. The normalized spacial score (nSPS) is 11.5. The molecule has 0 fully saturated rings. The molecule has 0 spiro atoms. The van der Waals surface area contributed by atoms with Gasteiger partial charge in [-0.2, -0.15) is 0 Å². The van der Waals surface area contributed by atoms with Gasteiger partial charge in [-0.1, -0.05) is 29.7 Å². The molecule has 0 aliphatic heterocycles. The molecule has 2 N–H and O–H groups in total. The highest BCUT2D eigenvalue weighted by Gasteiger charge is 2.05. The molecular formula is C18H19NO2. The van der Waals surface area contributed by atoms with Crippen LogP contribution in [-0.4, -0.2) is 24.4 Å². The molecule has 0 amide bonds. The van der Waals surface area contributed by atoms with Crippen LogP contribution >= 0.6 is 0 Å². The monoisotopic (exact) mass is 281 g/mol. The number of ether oxygens (including phenoxy) is 1. The van der Waals surface area contributed by atoms with Gasteiger partial charge in [0.25, 0.3) is 0 Å². The zero-order valence-corrected chi connectivity index (χ0v) is 12.0. The molecule has 1 atom stereocenters. The van der Waals surface area contributed by atoms with Crippen molar-refractivity contribution in [2.75, 3.05) is 18.5 Å². The number of rotatable bonds is 6. The third kappa shape index (κ3) is 4.87. The fourth-order valence-corrected chi connectivity index (χ4v) is 1.84. The van der Waals surface area contributed by atoms with Gasteiger partial charge in [0, 0.05) is 17.8 Å². The summed E-state index contributed by atoms with van der Waals surface area (Å²) in [5.41, 5.74) is 2.88. The maximum Gasteiger partial charge on any atom is 0.119 e. The van der Waals surface area contributed by atoms with Crippen molar-refractivity contribution in [1.82, 2.24) is 0 Å². The van der Waals surface area contributed by atoms with Crippen molar-refractivity contribution >= 4 is 5.69 Å². The second-order valence-electron chi connectivity index (χ2n) is 4.88. The number of aryl methyl sites for hydroxylation is 1. The highest BCUT2D eigenvalue weighted by molar-refractivity contribution is 5.49. The van der Waals surface area contributed by atoms with E-state index in [9.17, 15) is 5.11 Å². The third-order valence-corrected chi connectivity index (χ3v) is 3.03. The highest BCUT2D eigenvalue weighted by atomic mass is 16.5. The minimum Gasteiger partial charge on any atom is -0.491 e. The zero-order valence-electron chi connectivity index (χ0n) is 12.0. The number of benzene rings is 2. The predicted octanol–water partition coefficient (Wildman–Crippen LogP) is 2.83. The first-order valence-corrected chi connectivity index (χ1v) is 6.85. The largest absolute Gasteiger partial charge is 0.491 e. The maximum atomic E-state index is 9.93. The Kier molecular flexibility index (Phi) is 5.25. The van der Waals surface area contributed by atoms with E-state index in [0.29, 0.717) is 6.54 Å². The SMILES string of the molecule is C#Cc1cccc(NCC(O)COc2ccc(C)cc2)c1. The van der Waals surface area contributed by atoms with Crippen LogP contribution in [0.5, 0.6) is 5.75 Å². The molecule has 21 heavy (non-hydrogen) atoms. The molecule has 0 aliphatic rings. The summed E-state index contributed by atoms with van der Waals surface area (Å²) in [7, 11) is 0. The van der Waals surface area contributed by atoms with Crippen LogP contribution in [-0.2, 0) is 0 Å². The lowest BCUT2D eigenvalue weighted by Gasteiger charge is -2.14. The Labute approximate surface area is 125 Å². The second kappa shape index (κ2) is 7.37. The van der Waals surface area contributed by atoms with Gasteiger partial charge in [-0.05, 0) is 37.3 Å². The Bertz CT molecular complexity index is 614. The van der Waals surface area contributed by atoms with E-state index in [1.165, 1.54) is 5.56 Å². The number of aliphatic hydroxyl groups is 1. The molecule has 2 rings (SSSR count). The fraction of sp³-hybridized carbons (Fsp3) is 0.222. The smallest absolute Gasteiger partial charge is 0.119 e.